The first-order valence-corrected chi connectivity index (χ1v) is 6.44. The number of hydroxylamine groups is 1. The Hall–Kier alpha value is -1.92. The van der Waals surface area contributed by atoms with Gasteiger partial charge >= 0.3 is 6.01 Å². The van der Waals surface area contributed by atoms with Crippen LogP contribution in [0.25, 0.3) is 0 Å². The average molecular weight is 320 g/mol. The molecule has 3 rings (SSSR count). The van der Waals surface area contributed by atoms with Crippen molar-refractivity contribution in [3.05, 3.63) is 59.0 Å². The Balaban J connectivity index is 1.73. The van der Waals surface area contributed by atoms with Gasteiger partial charge in [0.05, 0.1) is 0 Å². The number of hydrogen-bond donors (Lipinski definition) is 1. The minimum Gasteiger partial charge on any atom is -0.424 e. The van der Waals surface area contributed by atoms with Gasteiger partial charge in [0.2, 0.25) is 0 Å². The third-order valence-corrected chi connectivity index (χ3v) is 2.97. The van der Waals surface area contributed by atoms with Crippen molar-refractivity contribution in [1.29, 1.82) is 0 Å². The van der Waals surface area contributed by atoms with Crippen LogP contribution in [0.5, 0.6) is 11.8 Å². The van der Waals surface area contributed by atoms with Gasteiger partial charge in [0, 0.05) is 12.4 Å². The quantitative estimate of drug-likeness (QED) is 0.881. The smallest absolute Gasteiger partial charge is 0.321 e. The molecule has 0 bridgehead atoms. The van der Waals surface area contributed by atoms with E-state index in [4.69, 9.17) is 9.57 Å². The third kappa shape index (κ3) is 2.91. The van der Waals surface area contributed by atoms with E-state index >= 15 is 0 Å². The summed E-state index contributed by atoms with van der Waals surface area (Å²) in [6.07, 6.45) is 5.11. The molecule has 1 aromatic carbocycles. The standard InChI is InChI=1S/C13H10BrN3O2/c14-12-8-11(19-17-12)9-2-4-10(5-3-9)18-13-15-6-1-7-16-13/h1-8,11,17H/t11-/m1/s1. The molecule has 0 unspecified atom stereocenters. The maximum Gasteiger partial charge on any atom is 0.321 e. The van der Waals surface area contributed by atoms with Gasteiger partial charge in [-0.1, -0.05) is 12.1 Å². The van der Waals surface area contributed by atoms with E-state index in [1.54, 1.807) is 18.5 Å². The lowest BCUT2D eigenvalue weighted by molar-refractivity contribution is 0.0458. The summed E-state index contributed by atoms with van der Waals surface area (Å²) in [5, 5.41) is 0. The van der Waals surface area contributed by atoms with Crippen LogP contribution in [-0.4, -0.2) is 9.97 Å². The van der Waals surface area contributed by atoms with Gasteiger partial charge < -0.3 is 4.74 Å². The Kier molecular flexibility index (Phi) is 3.43. The fraction of sp³-hybridized carbons (Fsp3) is 0.0769. The molecule has 0 spiro atoms. The SMILES string of the molecule is BrC1=C[C@H](c2ccc(Oc3ncccn3)cc2)ON1. The van der Waals surface area contributed by atoms with Gasteiger partial charge in [0.25, 0.3) is 0 Å². The third-order valence-electron chi connectivity index (χ3n) is 2.54. The number of halogens is 1. The molecule has 2 aromatic rings. The number of nitrogens with one attached hydrogen (secondary N) is 1. The largest absolute Gasteiger partial charge is 0.424 e. The minimum absolute atomic E-state index is 0.101. The van der Waals surface area contributed by atoms with Crippen molar-refractivity contribution in [3.8, 4) is 11.8 Å². The average Bonchev–Trinajstić information content (AvgIpc) is 2.87. The number of aromatic nitrogens is 2. The second kappa shape index (κ2) is 5.38. The van der Waals surface area contributed by atoms with Gasteiger partial charge in [-0.2, -0.15) is 0 Å². The maximum absolute atomic E-state index is 5.51. The molecule has 0 saturated carbocycles. The molecule has 0 saturated heterocycles. The van der Waals surface area contributed by atoms with Crippen LogP contribution in [0.15, 0.2) is 53.4 Å². The molecule has 2 heterocycles. The van der Waals surface area contributed by atoms with Gasteiger partial charge in [-0.15, -0.1) is 0 Å². The zero-order valence-electron chi connectivity index (χ0n) is 9.79. The number of ether oxygens (including phenoxy) is 1. The van der Waals surface area contributed by atoms with E-state index in [1.807, 2.05) is 30.3 Å². The molecule has 1 aromatic heterocycles. The summed E-state index contributed by atoms with van der Waals surface area (Å²) in [6, 6.07) is 9.66. The Bertz CT molecular complexity index is 587. The second-order valence-corrected chi connectivity index (χ2v) is 4.71. The number of nitrogens with zero attached hydrogens (tertiary/aromatic N) is 2. The van der Waals surface area contributed by atoms with Crippen molar-refractivity contribution in [2.75, 3.05) is 0 Å². The van der Waals surface area contributed by atoms with Crippen molar-refractivity contribution in [2.45, 2.75) is 6.10 Å². The highest BCUT2D eigenvalue weighted by Crippen LogP contribution is 2.28. The van der Waals surface area contributed by atoms with Crippen LogP contribution in [-0.2, 0) is 4.84 Å². The van der Waals surface area contributed by atoms with E-state index in [9.17, 15) is 0 Å². The van der Waals surface area contributed by atoms with Crippen LogP contribution in [0, 0.1) is 0 Å². The van der Waals surface area contributed by atoms with Crippen LogP contribution in [0.3, 0.4) is 0 Å². The van der Waals surface area contributed by atoms with Crippen LogP contribution in [0.1, 0.15) is 11.7 Å². The second-order valence-electron chi connectivity index (χ2n) is 3.86. The summed E-state index contributed by atoms with van der Waals surface area (Å²) >= 11 is 3.32. The Morgan fingerprint density at radius 1 is 1.16 bits per heavy atom. The lowest BCUT2D eigenvalue weighted by atomic mass is 10.1. The Morgan fingerprint density at radius 2 is 1.89 bits per heavy atom. The molecule has 1 aliphatic heterocycles. The summed E-state index contributed by atoms with van der Waals surface area (Å²) in [4.78, 5) is 13.4. The van der Waals surface area contributed by atoms with Crippen LogP contribution >= 0.6 is 15.9 Å². The van der Waals surface area contributed by atoms with Crippen molar-refractivity contribution >= 4 is 15.9 Å². The molecular weight excluding hydrogens is 310 g/mol. The lowest BCUT2D eigenvalue weighted by Gasteiger charge is -2.08. The fourth-order valence-corrected chi connectivity index (χ4v) is 1.99. The molecule has 0 fully saturated rings. The molecule has 6 heteroatoms. The topological polar surface area (TPSA) is 56.3 Å². The van der Waals surface area contributed by atoms with E-state index in [1.165, 1.54) is 0 Å². The fourth-order valence-electron chi connectivity index (χ4n) is 1.65. The first kappa shape index (κ1) is 12.1. The highest BCUT2D eigenvalue weighted by Gasteiger charge is 2.16. The van der Waals surface area contributed by atoms with Gasteiger partial charge in [-0.3, -0.25) is 10.3 Å². The molecule has 5 nitrogen and oxygen atoms in total. The molecule has 1 aliphatic rings. The van der Waals surface area contributed by atoms with Crippen LogP contribution < -0.4 is 10.2 Å². The maximum atomic E-state index is 5.51. The monoisotopic (exact) mass is 319 g/mol. The Labute approximate surface area is 118 Å². The summed E-state index contributed by atoms with van der Waals surface area (Å²) in [6.45, 7) is 0. The summed E-state index contributed by atoms with van der Waals surface area (Å²) in [5.74, 6) is 0.684. The molecule has 0 amide bonds. The predicted octanol–water partition coefficient (Wildman–Crippen LogP) is 3.08. The first-order chi connectivity index (χ1) is 9.31. The van der Waals surface area contributed by atoms with Gasteiger partial charge in [-0.25, -0.2) is 9.97 Å². The molecule has 1 N–H and O–H groups in total. The summed E-state index contributed by atoms with van der Waals surface area (Å²) < 4.78 is 6.34. The molecule has 0 aliphatic carbocycles. The highest BCUT2D eigenvalue weighted by atomic mass is 79.9. The summed E-state index contributed by atoms with van der Waals surface area (Å²) in [5.41, 5.74) is 3.78. The molecule has 96 valence electrons. The minimum atomic E-state index is -0.101. The van der Waals surface area contributed by atoms with E-state index in [0.29, 0.717) is 11.8 Å². The van der Waals surface area contributed by atoms with Crippen molar-refractivity contribution in [1.82, 2.24) is 15.4 Å². The molecule has 0 radical (unpaired) electrons. The predicted molar refractivity (Wildman–Crippen MR) is 72.5 cm³/mol. The van der Waals surface area contributed by atoms with Gasteiger partial charge in [-0.05, 0) is 45.8 Å². The number of benzene rings is 1. The van der Waals surface area contributed by atoms with E-state index in [-0.39, 0.29) is 6.10 Å². The van der Waals surface area contributed by atoms with E-state index in [0.717, 1.165) is 10.2 Å². The van der Waals surface area contributed by atoms with Crippen molar-refractivity contribution < 1.29 is 9.57 Å². The van der Waals surface area contributed by atoms with Crippen molar-refractivity contribution in [2.24, 2.45) is 0 Å². The molecule has 19 heavy (non-hydrogen) atoms. The van der Waals surface area contributed by atoms with Crippen molar-refractivity contribution in [3.63, 3.8) is 0 Å². The number of hydrogen-bond acceptors (Lipinski definition) is 5. The Morgan fingerprint density at radius 3 is 2.53 bits per heavy atom. The van der Waals surface area contributed by atoms with E-state index in [2.05, 4.69) is 31.4 Å². The van der Waals surface area contributed by atoms with Crippen LogP contribution in [0.4, 0.5) is 0 Å². The lowest BCUT2D eigenvalue weighted by Crippen LogP contribution is -2.05. The molecular formula is C13H10BrN3O2. The molecule has 1 atom stereocenters. The zero-order chi connectivity index (χ0) is 13.1. The van der Waals surface area contributed by atoms with Gasteiger partial charge in [0.1, 0.15) is 16.5 Å². The van der Waals surface area contributed by atoms with E-state index < -0.39 is 0 Å². The first-order valence-electron chi connectivity index (χ1n) is 5.65. The van der Waals surface area contributed by atoms with Crippen LogP contribution in [0.2, 0.25) is 0 Å². The summed E-state index contributed by atoms with van der Waals surface area (Å²) in [7, 11) is 0. The number of rotatable bonds is 3. The zero-order valence-corrected chi connectivity index (χ0v) is 11.4. The normalized spacial score (nSPS) is 17.7. The highest BCUT2D eigenvalue weighted by molar-refractivity contribution is 9.11. The van der Waals surface area contributed by atoms with Gasteiger partial charge in [0.15, 0.2) is 0 Å².